The number of benzene rings is 1. The number of halogens is 2. The molecule has 0 unspecified atom stereocenters. The van der Waals surface area contributed by atoms with Gasteiger partial charge in [0.15, 0.2) is 12.4 Å². The van der Waals surface area contributed by atoms with E-state index in [1.165, 1.54) is 18.2 Å². The predicted octanol–water partition coefficient (Wildman–Crippen LogP) is 2.66. The standard InChI is InChI=1S/C15H10Cl2N4O5/c16-8-1-2-9(17)10(5-8)18-13(22)6-20-14(23)7-26-11-3-4-12(21(24)25)19-15(11)20/h1-5H,6-7H2,(H,18,22). The number of amides is 2. The lowest BCUT2D eigenvalue weighted by atomic mass is 10.3. The van der Waals surface area contributed by atoms with Gasteiger partial charge in [0.1, 0.15) is 6.54 Å². The summed E-state index contributed by atoms with van der Waals surface area (Å²) in [7, 11) is 0. The molecule has 1 aromatic carbocycles. The van der Waals surface area contributed by atoms with Crippen LogP contribution in [-0.2, 0) is 9.59 Å². The van der Waals surface area contributed by atoms with Gasteiger partial charge >= 0.3 is 5.82 Å². The molecule has 2 heterocycles. The lowest BCUT2D eigenvalue weighted by molar-refractivity contribution is -0.389. The van der Waals surface area contributed by atoms with Gasteiger partial charge in [0.2, 0.25) is 5.91 Å². The molecule has 0 spiro atoms. The number of carbonyl (C=O) groups excluding carboxylic acids is 2. The molecule has 0 saturated carbocycles. The molecule has 2 amide bonds. The molecule has 0 aliphatic carbocycles. The number of aromatic nitrogens is 1. The van der Waals surface area contributed by atoms with Crippen LogP contribution in [0.15, 0.2) is 30.3 Å². The smallest absolute Gasteiger partial charge is 0.366 e. The summed E-state index contributed by atoms with van der Waals surface area (Å²) in [6.07, 6.45) is 0. The second-order valence-electron chi connectivity index (χ2n) is 5.19. The molecule has 9 nitrogen and oxygen atoms in total. The molecule has 1 aliphatic rings. The van der Waals surface area contributed by atoms with Gasteiger partial charge in [0.25, 0.3) is 11.7 Å². The zero-order valence-electron chi connectivity index (χ0n) is 12.9. The van der Waals surface area contributed by atoms with Crippen molar-refractivity contribution in [1.29, 1.82) is 0 Å². The number of hydrogen-bond donors (Lipinski definition) is 1. The molecule has 0 atom stereocenters. The molecule has 0 saturated heterocycles. The lowest BCUT2D eigenvalue weighted by Crippen LogP contribution is -2.44. The first-order valence-electron chi connectivity index (χ1n) is 7.18. The van der Waals surface area contributed by atoms with E-state index in [0.717, 1.165) is 11.0 Å². The van der Waals surface area contributed by atoms with Crippen molar-refractivity contribution >= 4 is 52.3 Å². The number of fused-ring (bicyclic) bond motifs is 1. The Morgan fingerprint density at radius 3 is 2.85 bits per heavy atom. The summed E-state index contributed by atoms with van der Waals surface area (Å²) >= 11 is 11.9. The maximum atomic E-state index is 12.3. The van der Waals surface area contributed by atoms with Crippen LogP contribution in [0.5, 0.6) is 5.75 Å². The fourth-order valence-corrected chi connectivity index (χ4v) is 2.60. The number of nitrogens with one attached hydrogen (secondary N) is 1. The Bertz CT molecular complexity index is 921. The second kappa shape index (κ2) is 7.14. The van der Waals surface area contributed by atoms with Crippen molar-refractivity contribution in [3.63, 3.8) is 0 Å². The minimum Gasteiger partial charge on any atom is -0.477 e. The number of nitro groups is 1. The monoisotopic (exact) mass is 396 g/mol. The van der Waals surface area contributed by atoms with E-state index in [1.54, 1.807) is 6.07 Å². The average Bonchev–Trinajstić information content (AvgIpc) is 2.60. The summed E-state index contributed by atoms with van der Waals surface area (Å²) < 4.78 is 5.19. The fourth-order valence-electron chi connectivity index (χ4n) is 2.26. The minimum absolute atomic E-state index is 0.0946. The molecule has 0 radical (unpaired) electrons. The topological polar surface area (TPSA) is 115 Å². The Labute approximate surface area is 156 Å². The molecule has 134 valence electrons. The number of carbonyl (C=O) groups is 2. The highest BCUT2D eigenvalue weighted by Crippen LogP contribution is 2.32. The number of anilines is 2. The molecule has 1 N–H and O–H groups in total. The first-order chi connectivity index (χ1) is 12.3. The largest absolute Gasteiger partial charge is 0.477 e. The Kier molecular flexibility index (Phi) is 4.92. The highest BCUT2D eigenvalue weighted by atomic mass is 35.5. The summed E-state index contributed by atoms with van der Waals surface area (Å²) in [6.45, 7) is -0.732. The summed E-state index contributed by atoms with van der Waals surface area (Å²) in [4.78, 5) is 39.4. The van der Waals surface area contributed by atoms with Crippen molar-refractivity contribution in [2.24, 2.45) is 0 Å². The number of pyridine rings is 1. The maximum absolute atomic E-state index is 12.3. The first-order valence-corrected chi connectivity index (χ1v) is 7.94. The van der Waals surface area contributed by atoms with Gasteiger partial charge in [-0.2, -0.15) is 0 Å². The van der Waals surface area contributed by atoms with Gasteiger partial charge in [0, 0.05) is 11.1 Å². The Balaban J connectivity index is 1.84. The third-order valence-electron chi connectivity index (χ3n) is 3.42. The lowest BCUT2D eigenvalue weighted by Gasteiger charge is -2.24. The zero-order valence-corrected chi connectivity index (χ0v) is 14.5. The van der Waals surface area contributed by atoms with Gasteiger partial charge in [0.05, 0.1) is 10.7 Å². The molecule has 0 fully saturated rings. The molecule has 26 heavy (non-hydrogen) atoms. The Morgan fingerprint density at radius 2 is 2.12 bits per heavy atom. The molecular formula is C15H10Cl2N4O5. The molecular weight excluding hydrogens is 387 g/mol. The minimum atomic E-state index is -0.705. The molecule has 2 aromatic rings. The van der Waals surface area contributed by atoms with Crippen LogP contribution in [0.1, 0.15) is 0 Å². The average molecular weight is 397 g/mol. The molecule has 3 rings (SSSR count). The van der Waals surface area contributed by atoms with Crippen molar-refractivity contribution in [1.82, 2.24) is 4.98 Å². The molecule has 11 heteroatoms. The van der Waals surface area contributed by atoms with Crippen LogP contribution in [0.25, 0.3) is 0 Å². The van der Waals surface area contributed by atoms with E-state index in [1.807, 2.05) is 0 Å². The normalized spacial score (nSPS) is 13.0. The summed E-state index contributed by atoms with van der Waals surface area (Å²) in [6, 6.07) is 7.01. The molecule has 1 aliphatic heterocycles. The number of ether oxygens (including phenoxy) is 1. The van der Waals surface area contributed by atoms with Crippen molar-refractivity contribution in [2.75, 3.05) is 23.4 Å². The van der Waals surface area contributed by atoms with E-state index in [0.29, 0.717) is 5.02 Å². The first kappa shape index (κ1) is 17.9. The quantitative estimate of drug-likeness (QED) is 0.627. The van der Waals surface area contributed by atoms with Gasteiger partial charge in [-0.3, -0.25) is 14.5 Å². The van der Waals surface area contributed by atoms with Crippen molar-refractivity contribution in [3.8, 4) is 5.75 Å². The van der Waals surface area contributed by atoms with Gasteiger partial charge in [-0.05, 0) is 34.2 Å². The van der Waals surface area contributed by atoms with Crippen LogP contribution < -0.4 is 15.0 Å². The van der Waals surface area contributed by atoms with Crippen LogP contribution in [0.4, 0.5) is 17.3 Å². The third-order valence-corrected chi connectivity index (χ3v) is 3.99. The number of hydrogen-bond acceptors (Lipinski definition) is 6. The van der Waals surface area contributed by atoms with E-state index in [-0.39, 0.29) is 28.9 Å². The third kappa shape index (κ3) is 3.68. The van der Waals surface area contributed by atoms with Crippen LogP contribution in [0, 0.1) is 10.1 Å². The predicted molar refractivity (Wildman–Crippen MR) is 93.8 cm³/mol. The van der Waals surface area contributed by atoms with Gasteiger partial charge in [-0.1, -0.05) is 23.2 Å². The number of nitrogens with zero attached hydrogens (tertiary/aromatic N) is 3. The summed E-state index contributed by atoms with van der Waals surface area (Å²) in [5.41, 5.74) is 0.275. The van der Waals surface area contributed by atoms with E-state index in [4.69, 9.17) is 27.9 Å². The highest BCUT2D eigenvalue weighted by Gasteiger charge is 2.33. The van der Waals surface area contributed by atoms with Crippen LogP contribution in [0.2, 0.25) is 10.0 Å². The Hall–Kier alpha value is -2.91. The Morgan fingerprint density at radius 1 is 1.35 bits per heavy atom. The second-order valence-corrected chi connectivity index (χ2v) is 6.03. The molecule has 0 bridgehead atoms. The van der Waals surface area contributed by atoms with Crippen molar-refractivity contribution in [2.45, 2.75) is 0 Å². The van der Waals surface area contributed by atoms with E-state index < -0.39 is 29.1 Å². The van der Waals surface area contributed by atoms with E-state index in [9.17, 15) is 19.7 Å². The van der Waals surface area contributed by atoms with Crippen LogP contribution in [-0.4, -0.2) is 34.9 Å². The van der Waals surface area contributed by atoms with E-state index >= 15 is 0 Å². The maximum Gasteiger partial charge on any atom is 0.366 e. The van der Waals surface area contributed by atoms with Gasteiger partial charge < -0.3 is 20.2 Å². The van der Waals surface area contributed by atoms with Crippen LogP contribution >= 0.6 is 23.2 Å². The summed E-state index contributed by atoms with van der Waals surface area (Å²) in [5, 5.41) is 14.1. The zero-order chi connectivity index (χ0) is 18.8. The highest BCUT2D eigenvalue weighted by molar-refractivity contribution is 6.35. The number of rotatable bonds is 4. The van der Waals surface area contributed by atoms with Crippen molar-refractivity contribution in [3.05, 3.63) is 50.5 Å². The fraction of sp³-hybridized carbons (Fsp3) is 0.133. The van der Waals surface area contributed by atoms with Gasteiger partial charge in [-0.25, -0.2) is 0 Å². The molecule has 1 aromatic heterocycles. The van der Waals surface area contributed by atoms with Crippen molar-refractivity contribution < 1.29 is 19.2 Å². The SMILES string of the molecule is O=C(CN1C(=O)COc2ccc([N+](=O)[O-])nc21)Nc1cc(Cl)ccc1Cl. The van der Waals surface area contributed by atoms with Crippen LogP contribution in [0.3, 0.4) is 0 Å². The van der Waals surface area contributed by atoms with Gasteiger partial charge in [-0.15, -0.1) is 0 Å². The summed E-state index contributed by atoms with van der Waals surface area (Å²) in [5.74, 6) is -1.53. The van der Waals surface area contributed by atoms with E-state index in [2.05, 4.69) is 10.3 Å².